The summed E-state index contributed by atoms with van der Waals surface area (Å²) in [4.78, 5) is 3.73. The zero-order chi connectivity index (χ0) is 10.6. The van der Waals surface area contributed by atoms with E-state index < -0.39 is 12.6 Å². The standard InChI is InChI=1S/C7H7ClF3NOS/c8-5-4-14-6(12-5)13-3-1-2-7(9,10)11/h4H,1-3H2. The molecule has 0 amide bonds. The third kappa shape index (κ3) is 4.66. The lowest BCUT2D eigenvalue weighted by Gasteiger charge is -2.05. The second kappa shape index (κ2) is 4.84. The van der Waals surface area contributed by atoms with Gasteiger partial charge < -0.3 is 4.74 Å². The zero-order valence-electron chi connectivity index (χ0n) is 6.97. The van der Waals surface area contributed by atoms with Crippen molar-refractivity contribution in [2.45, 2.75) is 19.0 Å². The van der Waals surface area contributed by atoms with Crippen molar-refractivity contribution >= 4 is 22.9 Å². The lowest BCUT2D eigenvalue weighted by atomic mass is 10.3. The second-order valence-electron chi connectivity index (χ2n) is 2.50. The van der Waals surface area contributed by atoms with E-state index in [1.165, 1.54) is 0 Å². The lowest BCUT2D eigenvalue weighted by Crippen LogP contribution is -2.09. The summed E-state index contributed by atoms with van der Waals surface area (Å²) in [6.07, 6.45) is -5.03. The fourth-order valence-electron chi connectivity index (χ4n) is 0.737. The number of rotatable bonds is 4. The molecular formula is C7H7ClF3NOS. The molecule has 0 fully saturated rings. The Morgan fingerprint density at radius 1 is 1.50 bits per heavy atom. The maximum atomic E-state index is 11.7. The third-order valence-corrected chi connectivity index (χ3v) is 2.36. The maximum Gasteiger partial charge on any atom is 0.389 e. The normalized spacial score (nSPS) is 11.7. The van der Waals surface area contributed by atoms with E-state index in [-0.39, 0.29) is 13.0 Å². The summed E-state index contributed by atoms with van der Waals surface area (Å²) in [6.45, 7) is 0.00333. The number of nitrogens with zero attached hydrogens (tertiary/aromatic N) is 1. The first-order valence-corrected chi connectivity index (χ1v) is 5.04. The van der Waals surface area contributed by atoms with Crippen molar-refractivity contribution in [3.63, 3.8) is 0 Å². The van der Waals surface area contributed by atoms with Crippen LogP contribution < -0.4 is 4.74 Å². The van der Waals surface area contributed by atoms with Crippen LogP contribution in [0.2, 0.25) is 5.15 Å². The van der Waals surface area contributed by atoms with Crippen LogP contribution in [0.3, 0.4) is 0 Å². The van der Waals surface area contributed by atoms with Crippen LogP contribution in [0.1, 0.15) is 12.8 Å². The highest BCUT2D eigenvalue weighted by Gasteiger charge is 2.26. The number of halogens is 4. The highest BCUT2D eigenvalue weighted by molar-refractivity contribution is 7.11. The van der Waals surface area contributed by atoms with Crippen LogP contribution in [0.15, 0.2) is 5.38 Å². The van der Waals surface area contributed by atoms with Gasteiger partial charge in [0.25, 0.3) is 5.19 Å². The average Bonchev–Trinajstić information content (AvgIpc) is 2.44. The molecule has 80 valence electrons. The Bertz CT molecular complexity index is 289. The molecular weight excluding hydrogens is 239 g/mol. The first-order chi connectivity index (χ1) is 6.47. The molecule has 7 heteroatoms. The van der Waals surface area contributed by atoms with Crippen LogP contribution in [-0.4, -0.2) is 17.8 Å². The van der Waals surface area contributed by atoms with Gasteiger partial charge in [-0.15, -0.1) is 0 Å². The van der Waals surface area contributed by atoms with E-state index in [9.17, 15) is 13.2 Å². The van der Waals surface area contributed by atoms with Crippen molar-refractivity contribution in [2.24, 2.45) is 0 Å². The van der Waals surface area contributed by atoms with Gasteiger partial charge in [0.1, 0.15) is 5.15 Å². The molecule has 1 aromatic rings. The van der Waals surface area contributed by atoms with Crippen molar-refractivity contribution in [1.82, 2.24) is 4.98 Å². The number of aromatic nitrogens is 1. The van der Waals surface area contributed by atoms with E-state index in [0.29, 0.717) is 10.3 Å². The molecule has 0 aliphatic rings. The predicted octanol–water partition coefficient (Wildman–Crippen LogP) is 3.52. The first-order valence-electron chi connectivity index (χ1n) is 3.78. The Labute approximate surface area is 87.7 Å². The minimum Gasteiger partial charge on any atom is -0.470 e. The van der Waals surface area contributed by atoms with E-state index in [1.54, 1.807) is 5.38 Å². The molecule has 0 spiro atoms. The highest BCUT2D eigenvalue weighted by Crippen LogP contribution is 2.23. The minimum atomic E-state index is -4.12. The summed E-state index contributed by atoms with van der Waals surface area (Å²) >= 11 is 6.65. The number of hydrogen-bond donors (Lipinski definition) is 0. The molecule has 2 nitrogen and oxygen atoms in total. The number of hydrogen-bond acceptors (Lipinski definition) is 3. The highest BCUT2D eigenvalue weighted by atomic mass is 35.5. The summed E-state index contributed by atoms with van der Waals surface area (Å²) < 4.78 is 40.0. The SMILES string of the molecule is FC(F)(F)CCCOc1nc(Cl)cs1. The maximum absolute atomic E-state index is 11.7. The summed E-state index contributed by atoms with van der Waals surface area (Å²) in [7, 11) is 0. The number of alkyl halides is 3. The van der Waals surface area contributed by atoms with Gasteiger partial charge in [0.15, 0.2) is 0 Å². The van der Waals surface area contributed by atoms with Crippen LogP contribution in [0, 0.1) is 0 Å². The first kappa shape index (κ1) is 11.6. The topological polar surface area (TPSA) is 22.1 Å². The van der Waals surface area contributed by atoms with Gasteiger partial charge in [-0.2, -0.15) is 18.2 Å². The van der Waals surface area contributed by atoms with Crippen molar-refractivity contribution < 1.29 is 17.9 Å². The lowest BCUT2D eigenvalue weighted by molar-refractivity contribution is -0.136. The number of ether oxygens (including phenoxy) is 1. The molecule has 1 aromatic heterocycles. The third-order valence-electron chi connectivity index (χ3n) is 1.29. The van der Waals surface area contributed by atoms with Crippen LogP contribution >= 0.6 is 22.9 Å². The van der Waals surface area contributed by atoms with Gasteiger partial charge in [0, 0.05) is 11.8 Å². The molecule has 0 N–H and O–H groups in total. The average molecular weight is 246 g/mol. The van der Waals surface area contributed by atoms with Crippen LogP contribution in [0.25, 0.3) is 0 Å². The molecule has 1 rings (SSSR count). The number of thiazole rings is 1. The van der Waals surface area contributed by atoms with E-state index in [1.807, 2.05) is 0 Å². The minimum absolute atomic E-state index is 0.00333. The molecule has 0 saturated heterocycles. The van der Waals surface area contributed by atoms with E-state index in [0.717, 1.165) is 11.3 Å². The molecule has 0 bridgehead atoms. The Kier molecular flexibility index (Phi) is 4.00. The Hall–Kier alpha value is -0.490. The fourth-order valence-corrected chi connectivity index (χ4v) is 1.55. The van der Waals surface area contributed by atoms with Gasteiger partial charge in [0.05, 0.1) is 6.61 Å². The molecule has 14 heavy (non-hydrogen) atoms. The van der Waals surface area contributed by atoms with Crippen molar-refractivity contribution in [1.29, 1.82) is 0 Å². The monoisotopic (exact) mass is 245 g/mol. The van der Waals surface area contributed by atoms with E-state index in [2.05, 4.69) is 4.98 Å². The van der Waals surface area contributed by atoms with Crippen LogP contribution in [0.5, 0.6) is 5.19 Å². The Balaban J connectivity index is 2.16. The molecule has 0 unspecified atom stereocenters. The quantitative estimate of drug-likeness (QED) is 0.758. The van der Waals surface area contributed by atoms with E-state index >= 15 is 0 Å². The largest absolute Gasteiger partial charge is 0.470 e. The van der Waals surface area contributed by atoms with Gasteiger partial charge in [0.2, 0.25) is 0 Å². The molecule has 0 aliphatic carbocycles. The van der Waals surface area contributed by atoms with Gasteiger partial charge in [-0.25, -0.2) is 0 Å². The summed E-state index contributed by atoms with van der Waals surface area (Å²) in [5.41, 5.74) is 0. The molecule has 0 radical (unpaired) electrons. The molecule has 0 aliphatic heterocycles. The van der Waals surface area contributed by atoms with Gasteiger partial charge in [-0.1, -0.05) is 22.9 Å². The molecule has 0 atom stereocenters. The van der Waals surface area contributed by atoms with Crippen molar-refractivity contribution in [2.75, 3.05) is 6.61 Å². The van der Waals surface area contributed by atoms with Gasteiger partial charge in [-0.05, 0) is 6.42 Å². The van der Waals surface area contributed by atoms with Crippen molar-refractivity contribution in [3.05, 3.63) is 10.5 Å². The van der Waals surface area contributed by atoms with Crippen molar-refractivity contribution in [3.8, 4) is 5.19 Å². The summed E-state index contributed by atoms with van der Waals surface area (Å²) in [5, 5.41) is 2.15. The summed E-state index contributed by atoms with van der Waals surface area (Å²) in [5.74, 6) is 0. The fraction of sp³-hybridized carbons (Fsp3) is 0.571. The summed E-state index contributed by atoms with van der Waals surface area (Å²) in [6, 6.07) is 0. The van der Waals surface area contributed by atoms with Crippen LogP contribution in [0.4, 0.5) is 13.2 Å². The molecule has 1 heterocycles. The Morgan fingerprint density at radius 2 is 2.21 bits per heavy atom. The van der Waals surface area contributed by atoms with Gasteiger partial charge in [-0.3, -0.25) is 0 Å². The van der Waals surface area contributed by atoms with Crippen LogP contribution in [-0.2, 0) is 0 Å². The Morgan fingerprint density at radius 3 is 2.71 bits per heavy atom. The van der Waals surface area contributed by atoms with Gasteiger partial charge >= 0.3 is 6.18 Å². The zero-order valence-corrected chi connectivity index (χ0v) is 8.55. The molecule has 0 saturated carbocycles. The molecule has 0 aromatic carbocycles. The smallest absolute Gasteiger partial charge is 0.389 e. The second-order valence-corrected chi connectivity index (χ2v) is 3.71. The predicted molar refractivity (Wildman–Crippen MR) is 47.9 cm³/mol. The van der Waals surface area contributed by atoms with E-state index in [4.69, 9.17) is 16.3 Å².